The first-order valence-corrected chi connectivity index (χ1v) is 10.1. The van der Waals surface area contributed by atoms with E-state index < -0.39 is 6.10 Å². The molecule has 0 unspecified atom stereocenters. The highest BCUT2D eigenvalue weighted by molar-refractivity contribution is 5.79. The Morgan fingerprint density at radius 3 is 2.46 bits per heavy atom. The summed E-state index contributed by atoms with van der Waals surface area (Å²) in [6.07, 6.45) is 4.32. The van der Waals surface area contributed by atoms with Gasteiger partial charge in [0.05, 0.1) is 40.0 Å². The molecule has 0 spiro atoms. The maximum atomic E-state index is 13.2. The zero-order chi connectivity index (χ0) is 19.9. The van der Waals surface area contributed by atoms with E-state index in [1.807, 2.05) is 23.1 Å². The summed E-state index contributed by atoms with van der Waals surface area (Å²) >= 11 is 0. The number of ether oxygens (including phenoxy) is 3. The predicted octanol–water partition coefficient (Wildman–Crippen LogP) is 1.84. The lowest BCUT2D eigenvalue weighted by Crippen LogP contribution is -2.52. The highest BCUT2D eigenvalue weighted by atomic mass is 16.5. The molecule has 2 fully saturated rings. The number of morpholine rings is 1. The molecule has 2 atom stereocenters. The number of carbonyl (C=O) groups is 1. The molecule has 0 saturated carbocycles. The van der Waals surface area contributed by atoms with Crippen LogP contribution in [0.4, 0.5) is 0 Å². The number of hydrogen-bond donors (Lipinski definition) is 1. The van der Waals surface area contributed by atoms with E-state index in [1.165, 1.54) is 12.8 Å². The molecule has 1 amide bonds. The summed E-state index contributed by atoms with van der Waals surface area (Å²) < 4.78 is 16.5. The van der Waals surface area contributed by atoms with Crippen LogP contribution in [0.1, 0.15) is 37.3 Å². The van der Waals surface area contributed by atoms with Gasteiger partial charge in [-0.2, -0.15) is 0 Å². The quantitative estimate of drug-likeness (QED) is 0.797. The molecule has 0 bridgehead atoms. The lowest BCUT2D eigenvalue weighted by Gasteiger charge is -2.41. The maximum absolute atomic E-state index is 13.2. The predicted molar refractivity (Wildman–Crippen MR) is 106 cm³/mol. The third kappa shape index (κ3) is 4.77. The summed E-state index contributed by atoms with van der Waals surface area (Å²) in [6.45, 7) is 3.17. The molecular weight excluding hydrogens is 360 g/mol. The molecule has 2 heterocycles. The molecule has 7 heteroatoms. The summed E-state index contributed by atoms with van der Waals surface area (Å²) in [5.41, 5.74) is 0.876. The monoisotopic (exact) mass is 392 g/mol. The molecule has 28 heavy (non-hydrogen) atoms. The van der Waals surface area contributed by atoms with Crippen molar-refractivity contribution in [2.75, 3.05) is 53.6 Å². The Hall–Kier alpha value is -1.83. The molecule has 2 saturated heterocycles. The van der Waals surface area contributed by atoms with Crippen molar-refractivity contribution < 1.29 is 24.1 Å². The van der Waals surface area contributed by atoms with Gasteiger partial charge in [0.25, 0.3) is 0 Å². The Morgan fingerprint density at radius 1 is 1.11 bits per heavy atom. The Bertz CT molecular complexity index is 646. The van der Waals surface area contributed by atoms with Gasteiger partial charge in [-0.3, -0.25) is 9.69 Å². The number of amides is 1. The molecular formula is C21H32N2O5. The van der Waals surface area contributed by atoms with Gasteiger partial charge in [0.15, 0.2) is 11.5 Å². The Balaban J connectivity index is 1.82. The van der Waals surface area contributed by atoms with Gasteiger partial charge in [0, 0.05) is 6.54 Å². The van der Waals surface area contributed by atoms with E-state index in [9.17, 15) is 9.90 Å². The fourth-order valence-electron chi connectivity index (χ4n) is 4.17. The van der Waals surface area contributed by atoms with Crippen LogP contribution < -0.4 is 9.47 Å². The van der Waals surface area contributed by atoms with Crippen molar-refractivity contribution in [1.29, 1.82) is 0 Å². The molecule has 1 N–H and O–H groups in total. The van der Waals surface area contributed by atoms with Crippen LogP contribution in [0.25, 0.3) is 0 Å². The second-order valence-electron chi connectivity index (χ2n) is 7.43. The van der Waals surface area contributed by atoms with Crippen LogP contribution in [-0.2, 0) is 9.53 Å². The normalized spacial score (nSPS) is 23.9. The van der Waals surface area contributed by atoms with Crippen LogP contribution in [0.3, 0.4) is 0 Å². The van der Waals surface area contributed by atoms with Crippen molar-refractivity contribution in [3.63, 3.8) is 0 Å². The first kappa shape index (κ1) is 20.9. The van der Waals surface area contributed by atoms with E-state index in [0.717, 1.165) is 31.5 Å². The topological polar surface area (TPSA) is 71.5 Å². The van der Waals surface area contributed by atoms with E-state index >= 15 is 0 Å². The van der Waals surface area contributed by atoms with Crippen molar-refractivity contribution >= 4 is 5.91 Å². The number of aliphatic hydroxyl groups is 1. The third-order valence-electron chi connectivity index (χ3n) is 5.66. The molecule has 2 aliphatic rings. The minimum atomic E-state index is -0.458. The summed E-state index contributed by atoms with van der Waals surface area (Å²) in [4.78, 5) is 17.3. The summed E-state index contributed by atoms with van der Waals surface area (Å²) in [5, 5.41) is 9.88. The lowest BCUT2D eigenvalue weighted by atomic mass is 9.97. The Labute approximate surface area is 167 Å². The summed E-state index contributed by atoms with van der Waals surface area (Å²) in [5.74, 6) is 1.32. The Kier molecular flexibility index (Phi) is 7.53. The van der Waals surface area contributed by atoms with Gasteiger partial charge in [-0.1, -0.05) is 18.9 Å². The van der Waals surface area contributed by atoms with Crippen LogP contribution in [-0.4, -0.2) is 80.5 Å². The Morgan fingerprint density at radius 2 is 1.82 bits per heavy atom. The van der Waals surface area contributed by atoms with E-state index in [1.54, 1.807) is 14.2 Å². The molecule has 0 radical (unpaired) electrons. The van der Waals surface area contributed by atoms with Gasteiger partial charge in [0.2, 0.25) is 5.91 Å². The van der Waals surface area contributed by atoms with Crippen molar-refractivity contribution in [1.82, 2.24) is 9.80 Å². The van der Waals surface area contributed by atoms with Crippen LogP contribution in [0.15, 0.2) is 18.2 Å². The number of likely N-dealkylation sites (tertiary alicyclic amines) is 1. The fraction of sp³-hybridized carbons (Fsp3) is 0.667. The zero-order valence-electron chi connectivity index (χ0n) is 16.9. The molecule has 1 aromatic carbocycles. The lowest BCUT2D eigenvalue weighted by molar-refractivity contribution is -0.151. The van der Waals surface area contributed by atoms with Crippen molar-refractivity contribution in [3.05, 3.63) is 23.8 Å². The number of nitrogens with zero attached hydrogens (tertiary/aromatic N) is 2. The maximum Gasteiger partial charge on any atom is 0.237 e. The molecule has 2 aliphatic heterocycles. The number of carbonyl (C=O) groups excluding carboxylic acids is 1. The molecule has 0 aliphatic carbocycles. The van der Waals surface area contributed by atoms with Gasteiger partial charge in [-0.05, 0) is 43.6 Å². The number of aliphatic hydroxyl groups excluding tert-OH is 1. The smallest absolute Gasteiger partial charge is 0.237 e. The van der Waals surface area contributed by atoms with Crippen molar-refractivity contribution in [2.45, 2.75) is 37.8 Å². The van der Waals surface area contributed by atoms with Crippen LogP contribution in [0.2, 0.25) is 0 Å². The SMILES string of the molecule is COc1ccc([C@@H]2[C@@H](CO)OCCN2C(=O)CN2CCCCCC2)cc1OC. The van der Waals surface area contributed by atoms with E-state index in [4.69, 9.17) is 14.2 Å². The second kappa shape index (κ2) is 10.1. The molecule has 3 rings (SSSR count). The standard InChI is InChI=1S/C21H32N2O5/c1-26-17-8-7-16(13-18(17)27-2)21-19(15-24)28-12-11-23(21)20(25)14-22-9-5-3-4-6-10-22/h7-8,13,19,21,24H,3-6,9-12,14-15H2,1-2H3/t19-,21-/m1/s1. The minimum absolute atomic E-state index is 0.0865. The van der Waals surface area contributed by atoms with E-state index in [2.05, 4.69) is 4.90 Å². The van der Waals surface area contributed by atoms with Crippen LogP contribution in [0.5, 0.6) is 11.5 Å². The van der Waals surface area contributed by atoms with Gasteiger partial charge in [-0.15, -0.1) is 0 Å². The van der Waals surface area contributed by atoms with Crippen LogP contribution in [0, 0.1) is 0 Å². The van der Waals surface area contributed by atoms with Crippen molar-refractivity contribution in [3.8, 4) is 11.5 Å². The fourth-order valence-corrected chi connectivity index (χ4v) is 4.17. The number of benzene rings is 1. The average Bonchev–Trinajstić information content (AvgIpc) is 3.01. The average molecular weight is 392 g/mol. The van der Waals surface area contributed by atoms with Crippen LogP contribution >= 0.6 is 0 Å². The van der Waals surface area contributed by atoms with E-state index in [-0.39, 0.29) is 18.6 Å². The minimum Gasteiger partial charge on any atom is -0.493 e. The number of hydrogen-bond acceptors (Lipinski definition) is 6. The van der Waals surface area contributed by atoms with Gasteiger partial charge in [0.1, 0.15) is 6.10 Å². The number of rotatable bonds is 6. The van der Waals surface area contributed by atoms with Gasteiger partial charge >= 0.3 is 0 Å². The zero-order valence-corrected chi connectivity index (χ0v) is 16.9. The first-order valence-electron chi connectivity index (χ1n) is 10.1. The van der Waals surface area contributed by atoms with Gasteiger partial charge < -0.3 is 24.2 Å². The highest BCUT2D eigenvalue weighted by Gasteiger charge is 2.37. The molecule has 7 nitrogen and oxygen atoms in total. The van der Waals surface area contributed by atoms with E-state index in [0.29, 0.717) is 31.2 Å². The number of methoxy groups -OCH3 is 2. The highest BCUT2D eigenvalue weighted by Crippen LogP contribution is 2.35. The largest absolute Gasteiger partial charge is 0.493 e. The first-order chi connectivity index (χ1) is 13.7. The van der Waals surface area contributed by atoms with Crippen molar-refractivity contribution in [2.24, 2.45) is 0 Å². The second-order valence-corrected chi connectivity index (χ2v) is 7.43. The summed E-state index contributed by atoms with van der Waals surface area (Å²) in [6, 6.07) is 5.26. The molecule has 1 aromatic rings. The molecule has 156 valence electrons. The van der Waals surface area contributed by atoms with Gasteiger partial charge in [-0.25, -0.2) is 0 Å². The molecule has 0 aromatic heterocycles. The third-order valence-corrected chi connectivity index (χ3v) is 5.66. The summed E-state index contributed by atoms with van der Waals surface area (Å²) in [7, 11) is 3.18.